The highest BCUT2D eigenvalue weighted by Crippen LogP contribution is 2.43. The summed E-state index contributed by atoms with van der Waals surface area (Å²) in [7, 11) is -4.40. The summed E-state index contributed by atoms with van der Waals surface area (Å²) in [6.45, 7) is 3.57. The van der Waals surface area contributed by atoms with Crippen LogP contribution in [0.4, 0.5) is 0 Å². The number of rotatable bonds is 44. The molecule has 9 nitrogen and oxygen atoms in total. The number of carbonyl (C=O) groups is 2. The molecule has 0 aromatic carbocycles. The number of allylic oxidation sites excluding steroid dienone is 10. The predicted molar refractivity (Wildman–Crippen MR) is 247 cm³/mol. The lowest BCUT2D eigenvalue weighted by Gasteiger charge is -2.19. The van der Waals surface area contributed by atoms with Crippen LogP contribution in [0.1, 0.15) is 206 Å². The lowest BCUT2D eigenvalue weighted by Crippen LogP contribution is -2.29. The Hall–Kier alpha value is -2.29. The van der Waals surface area contributed by atoms with Crippen LogP contribution >= 0.6 is 7.82 Å². The van der Waals surface area contributed by atoms with Crippen molar-refractivity contribution in [3.63, 3.8) is 0 Å². The summed E-state index contributed by atoms with van der Waals surface area (Å²) >= 11 is 0. The number of carbonyl (C=O) groups excluding carboxylic acids is 2. The SMILES string of the molecule is CC/C=C\C/C=C\C/C=C\C/C=C\C/C=C\CCCC(=O)OC(COC(=O)CCCCCCCCCCCCCCCCCCCCCCC)COP(=O)(O)OCCN. The Bertz CT molecular complexity index is 1150. The van der Waals surface area contributed by atoms with Crippen LogP contribution in [0.5, 0.6) is 0 Å². The average molecular weight is 850 g/mol. The van der Waals surface area contributed by atoms with Gasteiger partial charge in [0.1, 0.15) is 6.61 Å². The van der Waals surface area contributed by atoms with Crippen molar-refractivity contribution in [1.82, 2.24) is 0 Å². The van der Waals surface area contributed by atoms with E-state index in [4.69, 9.17) is 24.3 Å². The average Bonchev–Trinajstić information content (AvgIpc) is 3.22. The molecule has 0 fully saturated rings. The van der Waals surface area contributed by atoms with Crippen LogP contribution in [0.2, 0.25) is 0 Å². The molecule has 0 aliphatic carbocycles. The smallest absolute Gasteiger partial charge is 0.462 e. The van der Waals surface area contributed by atoms with Gasteiger partial charge in [0.05, 0.1) is 13.2 Å². The van der Waals surface area contributed by atoms with E-state index < -0.39 is 32.5 Å². The van der Waals surface area contributed by atoms with Gasteiger partial charge in [-0.1, -0.05) is 203 Å². The minimum Gasteiger partial charge on any atom is -0.462 e. The van der Waals surface area contributed by atoms with Gasteiger partial charge in [0.15, 0.2) is 6.10 Å². The minimum absolute atomic E-state index is 0.0430. The number of hydrogen-bond acceptors (Lipinski definition) is 8. The van der Waals surface area contributed by atoms with E-state index in [0.29, 0.717) is 12.8 Å². The van der Waals surface area contributed by atoms with Crippen LogP contribution in [0.25, 0.3) is 0 Å². The first-order valence-electron chi connectivity index (χ1n) is 23.8. The molecular formula is C49H88NO8P. The fraction of sp³-hybridized carbons (Fsp3) is 0.755. The third-order valence-corrected chi connectivity index (χ3v) is 10.9. The van der Waals surface area contributed by atoms with Crippen LogP contribution in [-0.2, 0) is 32.7 Å². The van der Waals surface area contributed by atoms with Crippen molar-refractivity contribution in [2.75, 3.05) is 26.4 Å². The third kappa shape index (κ3) is 45.1. The van der Waals surface area contributed by atoms with Gasteiger partial charge < -0.3 is 20.1 Å². The van der Waals surface area contributed by atoms with Gasteiger partial charge in [-0.05, 0) is 51.4 Å². The van der Waals surface area contributed by atoms with Gasteiger partial charge in [-0.2, -0.15) is 0 Å². The Kier molecular flexibility index (Phi) is 43.5. The molecule has 0 aromatic rings. The molecule has 0 amide bonds. The van der Waals surface area contributed by atoms with Gasteiger partial charge in [0.25, 0.3) is 0 Å². The summed E-state index contributed by atoms with van der Waals surface area (Å²) in [4.78, 5) is 34.9. The molecular weight excluding hydrogens is 762 g/mol. The summed E-state index contributed by atoms with van der Waals surface area (Å²) < 4.78 is 32.8. The molecule has 0 aliphatic heterocycles. The molecule has 59 heavy (non-hydrogen) atoms. The molecule has 0 heterocycles. The molecule has 2 atom stereocenters. The minimum atomic E-state index is -4.40. The van der Waals surface area contributed by atoms with Gasteiger partial charge in [0.2, 0.25) is 0 Å². The number of phosphoric acid groups is 1. The van der Waals surface area contributed by atoms with Crippen molar-refractivity contribution in [2.24, 2.45) is 5.73 Å². The van der Waals surface area contributed by atoms with Crippen molar-refractivity contribution < 1.29 is 37.6 Å². The standard InChI is InChI=1S/C49H88NO8P/c1-3-5-7-9-11-13-15-17-19-21-22-23-24-26-27-29-31-33-35-37-39-41-48(51)55-45-47(46-57-59(53,54)56-44-43-50)58-49(52)42-40-38-36-34-32-30-28-25-20-18-16-14-12-10-8-6-4-2/h6,8,12,14,18,20,28,30,34,36,47H,3-5,7,9-11,13,15-17,19,21-27,29,31-33,35,37-46,50H2,1-2H3,(H,53,54)/b8-6-,14-12-,20-18-,30-28-,36-34-. The predicted octanol–water partition coefficient (Wildman–Crippen LogP) is 14.1. The molecule has 0 radical (unpaired) electrons. The first kappa shape index (κ1) is 56.7. The van der Waals surface area contributed by atoms with Gasteiger partial charge in [0, 0.05) is 19.4 Å². The summed E-state index contributed by atoms with van der Waals surface area (Å²) in [5.41, 5.74) is 5.35. The van der Waals surface area contributed by atoms with Crippen molar-refractivity contribution in [3.05, 3.63) is 60.8 Å². The number of phosphoric ester groups is 1. The Balaban J connectivity index is 4.14. The van der Waals surface area contributed by atoms with E-state index in [9.17, 15) is 19.0 Å². The van der Waals surface area contributed by atoms with Crippen LogP contribution in [0, 0.1) is 0 Å². The molecule has 10 heteroatoms. The van der Waals surface area contributed by atoms with E-state index in [1.807, 2.05) is 6.08 Å². The van der Waals surface area contributed by atoms with E-state index in [0.717, 1.165) is 51.4 Å². The molecule has 0 saturated carbocycles. The third-order valence-electron chi connectivity index (χ3n) is 9.92. The monoisotopic (exact) mass is 850 g/mol. The molecule has 3 N–H and O–H groups in total. The van der Waals surface area contributed by atoms with E-state index in [1.54, 1.807) is 0 Å². The van der Waals surface area contributed by atoms with Crippen LogP contribution < -0.4 is 5.73 Å². The second-order valence-corrected chi connectivity index (χ2v) is 17.1. The molecule has 0 spiro atoms. The number of esters is 2. The van der Waals surface area contributed by atoms with E-state index in [2.05, 4.69) is 68.5 Å². The fourth-order valence-electron chi connectivity index (χ4n) is 6.44. The maximum atomic E-state index is 12.6. The molecule has 2 unspecified atom stereocenters. The van der Waals surface area contributed by atoms with Crippen LogP contribution in [-0.4, -0.2) is 49.3 Å². The van der Waals surface area contributed by atoms with Crippen molar-refractivity contribution in [3.8, 4) is 0 Å². The first-order chi connectivity index (χ1) is 28.8. The summed E-state index contributed by atoms with van der Waals surface area (Å²) in [5.74, 6) is -0.893. The highest BCUT2D eigenvalue weighted by molar-refractivity contribution is 7.47. The van der Waals surface area contributed by atoms with Crippen molar-refractivity contribution in [2.45, 2.75) is 213 Å². The molecule has 0 bridgehead atoms. The van der Waals surface area contributed by atoms with Gasteiger partial charge in [-0.25, -0.2) is 4.57 Å². The second kappa shape index (κ2) is 45.2. The zero-order valence-electron chi connectivity index (χ0n) is 37.7. The van der Waals surface area contributed by atoms with E-state index in [1.165, 1.54) is 116 Å². The highest BCUT2D eigenvalue weighted by Gasteiger charge is 2.26. The van der Waals surface area contributed by atoms with E-state index in [-0.39, 0.29) is 32.6 Å². The molecule has 342 valence electrons. The highest BCUT2D eigenvalue weighted by atomic mass is 31.2. The quantitative estimate of drug-likeness (QED) is 0.0266. The van der Waals surface area contributed by atoms with Crippen LogP contribution in [0.3, 0.4) is 0 Å². The number of nitrogens with two attached hydrogens (primary N) is 1. The Morgan fingerprint density at radius 1 is 0.525 bits per heavy atom. The van der Waals surface area contributed by atoms with Crippen molar-refractivity contribution >= 4 is 19.8 Å². The molecule has 0 rings (SSSR count). The number of ether oxygens (including phenoxy) is 2. The summed E-state index contributed by atoms with van der Waals surface area (Å²) in [6.07, 6.45) is 54.1. The van der Waals surface area contributed by atoms with E-state index >= 15 is 0 Å². The largest absolute Gasteiger partial charge is 0.472 e. The second-order valence-electron chi connectivity index (χ2n) is 15.6. The lowest BCUT2D eigenvalue weighted by atomic mass is 10.0. The molecule has 0 saturated heterocycles. The Labute approximate surface area is 361 Å². The number of hydrogen-bond donors (Lipinski definition) is 2. The normalized spacial score (nSPS) is 13.8. The first-order valence-corrected chi connectivity index (χ1v) is 25.3. The summed E-state index contributed by atoms with van der Waals surface area (Å²) in [6, 6.07) is 0. The molecule has 0 aromatic heterocycles. The van der Waals surface area contributed by atoms with Crippen molar-refractivity contribution in [1.29, 1.82) is 0 Å². The Morgan fingerprint density at radius 3 is 1.37 bits per heavy atom. The van der Waals surface area contributed by atoms with Gasteiger partial charge in [-0.15, -0.1) is 0 Å². The maximum Gasteiger partial charge on any atom is 0.472 e. The Morgan fingerprint density at radius 2 is 0.932 bits per heavy atom. The fourth-order valence-corrected chi connectivity index (χ4v) is 7.20. The van der Waals surface area contributed by atoms with Gasteiger partial charge in [-0.3, -0.25) is 18.6 Å². The molecule has 0 aliphatic rings. The lowest BCUT2D eigenvalue weighted by molar-refractivity contribution is -0.161. The maximum absolute atomic E-state index is 12.6. The summed E-state index contributed by atoms with van der Waals surface area (Å²) in [5, 5.41) is 0. The number of unbranched alkanes of at least 4 members (excludes halogenated alkanes) is 21. The van der Waals surface area contributed by atoms with Crippen LogP contribution in [0.15, 0.2) is 60.8 Å². The van der Waals surface area contributed by atoms with Gasteiger partial charge >= 0.3 is 19.8 Å². The zero-order valence-corrected chi connectivity index (χ0v) is 38.6. The topological polar surface area (TPSA) is 134 Å². The zero-order chi connectivity index (χ0) is 43.2.